The van der Waals surface area contributed by atoms with Crippen LogP contribution in [0.5, 0.6) is 0 Å². The highest BCUT2D eigenvalue weighted by Crippen LogP contribution is 2.51. The van der Waals surface area contributed by atoms with Gasteiger partial charge in [-0.3, -0.25) is 4.18 Å². The maximum absolute atomic E-state index is 12.8. The zero-order chi connectivity index (χ0) is 17.7. The second-order valence-corrected chi connectivity index (χ2v) is 10.0. The van der Waals surface area contributed by atoms with Crippen LogP contribution in [0.1, 0.15) is 31.2 Å². The Hall–Kier alpha value is -1.25. The first-order valence-corrected chi connectivity index (χ1v) is 11.0. The molecule has 1 saturated carbocycles. The largest absolute Gasteiger partial charge is 0.332 e. The summed E-state index contributed by atoms with van der Waals surface area (Å²) in [7, 11) is -3.83. The lowest BCUT2D eigenvalue weighted by Crippen LogP contribution is -2.56. The van der Waals surface area contributed by atoms with E-state index in [2.05, 4.69) is 10.6 Å². The summed E-state index contributed by atoms with van der Waals surface area (Å²) >= 11 is 1.74. The maximum Gasteiger partial charge on any atom is 0.315 e. The van der Waals surface area contributed by atoms with Crippen LogP contribution in [0.4, 0.5) is 4.79 Å². The molecule has 2 heterocycles. The Morgan fingerprint density at radius 3 is 2.72 bits per heavy atom. The van der Waals surface area contributed by atoms with Gasteiger partial charge in [-0.2, -0.15) is 8.42 Å². The van der Waals surface area contributed by atoms with Crippen molar-refractivity contribution in [2.45, 2.75) is 60.4 Å². The summed E-state index contributed by atoms with van der Waals surface area (Å²) < 4.78 is 30.9. The quantitative estimate of drug-likeness (QED) is 0.618. The summed E-state index contributed by atoms with van der Waals surface area (Å²) in [5.74, 6) is 0.786. The molecule has 2 N–H and O–H groups in total. The van der Waals surface area contributed by atoms with Crippen molar-refractivity contribution in [3.05, 3.63) is 29.8 Å². The van der Waals surface area contributed by atoms with Gasteiger partial charge in [0.25, 0.3) is 10.1 Å². The van der Waals surface area contributed by atoms with Crippen LogP contribution in [-0.2, 0) is 14.3 Å². The average molecular weight is 383 g/mol. The number of benzene rings is 1. The minimum Gasteiger partial charge on any atom is -0.332 e. The molecule has 8 heteroatoms. The van der Waals surface area contributed by atoms with Crippen molar-refractivity contribution in [1.29, 1.82) is 0 Å². The monoisotopic (exact) mass is 382 g/mol. The van der Waals surface area contributed by atoms with E-state index >= 15 is 0 Å². The first kappa shape index (κ1) is 17.2. The standard InChI is InChI=1S/C17H22N2O4S2/c1-11-5-7-12(8-6-11)25(21,22)23-14-4-2-3-9-17(14)15-13(10-24-17)18-16(20)19-15/h5-8,13-15H,2-4,9-10H2,1H3,(H2,18,19,20). The van der Waals surface area contributed by atoms with E-state index in [1.807, 2.05) is 6.92 Å². The normalized spacial score (nSPS) is 34.6. The fourth-order valence-corrected chi connectivity index (χ4v) is 7.19. The first-order chi connectivity index (χ1) is 11.9. The number of hydrogen-bond acceptors (Lipinski definition) is 5. The number of amides is 2. The lowest BCUT2D eigenvalue weighted by Gasteiger charge is -2.43. The number of nitrogens with one attached hydrogen (secondary N) is 2. The molecule has 136 valence electrons. The van der Waals surface area contributed by atoms with E-state index in [4.69, 9.17) is 4.18 Å². The van der Waals surface area contributed by atoms with Crippen LogP contribution in [-0.4, -0.2) is 43.1 Å². The Kier molecular flexibility index (Phi) is 4.24. The van der Waals surface area contributed by atoms with Crippen LogP contribution >= 0.6 is 11.8 Å². The Morgan fingerprint density at radius 1 is 1.20 bits per heavy atom. The summed E-state index contributed by atoms with van der Waals surface area (Å²) in [6.07, 6.45) is 3.09. The topological polar surface area (TPSA) is 84.5 Å². The molecule has 2 aliphatic heterocycles. The third-order valence-electron chi connectivity index (χ3n) is 5.44. The Balaban J connectivity index is 1.62. The van der Waals surface area contributed by atoms with Crippen LogP contribution in [0.3, 0.4) is 0 Å². The molecule has 1 aromatic carbocycles. The molecule has 0 aromatic heterocycles. The van der Waals surface area contributed by atoms with Crippen LogP contribution in [0.2, 0.25) is 0 Å². The predicted octanol–water partition coefficient (Wildman–Crippen LogP) is 2.18. The zero-order valence-electron chi connectivity index (χ0n) is 14.0. The van der Waals surface area contributed by atoms with Gasteiger partial charge in [-0.25, -0.2) is 4.79 Å². The van der Waals surface area contributed by atoms with E-state index in [0.29, 0.717) is 6.42 Å². The van der Waals surface area contributed by atoms with Crippen LogP contribution in [0.15, 0.2) is 29.2 Å². The molecule has 0 bridgehead atoms. The molecule has 25 heavy (non-hydrogen) atoms. The molecule has 2 amide bonds. The summed E-state index contributed by atoms with van der Waals surface area (Å²) in [5.41, 5.74) is 1.00. The Bertz CT molecular complexity index is 776. The number of urea groups is 1. The molecule has 1 aromatic rings. The highest BCUT2D eigenvalue weighted by Gasteiger charge is 2.59. The molecule has 6 nitrogen and oxygen atoms in total. The van der Waals surface area contributed by atoms with Gasteiger partial charge in [0.2, 0.25) is 0 Å². The van der Waals surface area contributed by atoms with E-state index < -0.39 is 16.2 Å². The number of carbonyl (C=O) groups is 1. The Morgan fingerprint density at radius 2 is 1.96 bits per heavy atom. The number of fused-ring (bicyclic) bond motifs is 2. The summed E-state index contributed by atoms with van der Waals surface area (Å²) in [6, 6.07) is 6.52. The van der Waals surface area contributed by atoms with Gasteiger partial charge in [0.05, 0.1) is 27.8 Å². The number of thioether (sulfide) groups is 1. The summed E-state index contributed by atoms with van der Waals surface area (Å²) in [5, 5.41) is 5.93. The summed E-state index contributed by atoms with van der Waals surface area (Å²) in [4.78, 5) is 11.9. The van der Waals surface area contributed by atoms with Crippen LogP contribution in [0, 0.1) is 6.92 Å². The second-order valence-electron chi connectivity index (χ2n) is 7.07. The molecular formula is C17H22N2O4S2. The SMILES string of the molecule is Cc1ccc(S(=O)(=O)OC2CCCCC23SCC2NC(=O)NC23)cc1. The van der Waals surface area contributed by atoms with Gasteiger partial charge in [-0.05, 0) is 31.9 Å². The minimum atomic E-state index is -3.83. The predicted molar refractivity (Wildman–Crippen MR) is 96.1 cm³/mol. The molecule has 1 aliphatic carbocycles. The third-order valence-corrected chi connectivity index (χ3v) is 8.56. The highest BCUT2D eigenvalue weighted by atomic mass is 32.2. The number of hydrogen-bond donors (Lipinski definition) is 2. The molecule has 4 unspecified atom stereocenters. The van der Waals surface area contributed by atoms with Crippen molar-refractivity contribution in [2.75, 3.05) is 5.75 Å². The second kappa shape index (κ2) is 6.17. The van der Waals surface area contributed by atoms with E-state index in [9.17, 15) is 13.2 Å². The Labute approximate surface area is 152 Å². The molecule has 3 fully saturated rings. The van der Waals surface area contributed by atoms with Gasteiger partial charge in [0.1, 0.15) is 0 Å². The molecule has 3 aliphatic rings. The van der Waals surface area contributed by atoms with Gasteiger partial charge >= 0.3 is 6.03 Å². The summed E-state index contributed by atoms with van der Waals surface area (Å²) in [6.45, 7) is 1.92. The number of carbonyl (C=O) groups excluding carboxylic acids is 1. The number of rotatable bonds is 3. The smallest absolute Gasteiger partial charge is 0.315 e. The maximum atomic E-state index is 12.8. The van der Waals surface area contributed by atoms with E-state index in [1.54, 1.807) is 36.0 Å². The highest BCUT2D eigenvalue weighted by molar-refractivity contribution is 8.01. The van der Waals surface area contributed by atoms with Crippen LogP contribution < -0.4 is 10.6 Å². The van der Waals surface area contributed by atoms with Crippen molar-refractivity contribution in [2.24, 2.45) is 0 Å². The van der Waals surface area contributed by atoms with Crippen molar-refractivity contribution in [3.8, 4) is 0 Å². The third kappa shape index (κ3) is 2.94. The first-order valence-electron chi connectivity index (χ1n) is 8.62. The number of aryl methyl sites for hydroxylation is 1. The molecule has 2 saturated heterocycles. The lowest BCUT2D eigenvalue weighted by molar-refractivity contribution is 0.104. The molecular weight excluding hydrogens is 360 g/mol. The molecule has 4 atom stereocenters. The van der Waals surface area contributed by atoms with E-state index in [0.717, 1.165) is 30.6 Å². The zero-order valence-corrected chi connectivity index (χ0v) is 15.7. The molecule has 0 radical (unpaired) electrons. The minimum absolute atomic E-state index is 0.0452. The van der Waals surface area contributed by atoms with Gasteiger partial charge in [-0.1, -0.05) is 30.5 Å². The van der Waals surface area contributed by atoms with E-state index in [-0.39, 0.29) is 27.8 Å². The van der Waals surface area contributed by atoms with Gasteiger partial charge in [0.15, 0.2) is 0 Å². The van der Waals surface area contributed by atoms with Crippen LogP contribution in [0.25, 0.3) is 0 Å². The van der Waals surface area contributed by atoms with Gasteiger partial charge in [-0.15, -0.1) is 11.8 Å². The van der Waals surface area contributed by atoms with Crippen molar-refractivity contribution in [3.63, 3.8) is 0 Å². The average Bonchev–Trinajstić information content (AvgIpc) is 3.09. The van der Waals surface area contributed by atoms with Crippen molar-refractivity contribution in [1.82, 2.24) is 10.6 Å². The van der Waals surface area contributed by atoms with E-state index in [1.165, 1.54) is 0 Å². The fraction of sp³-hybridized carbons (Fsp3) is 0.588. The fourth-order valence-electron chi connectivity index (χ4n) is 4.17. The molecule has 1 spiro atoms. The van der Waals surface area contributed by atoms with Crippen molar-refractivity contribution >= 4 is 27.9 Å². The lowest BCUT2D eigenvalue weighted by atomic mass is 9.79. The molecule has 4 rings (SSSR count). The van der Waals surface area contributed by atoms with Gasteiger partial charge in [0, 0.05) is 5.75 Å². The van der Waals surface area contributed by atoms with Gasteiger partial charge < -0.3 is 10.6 Å². The van der Waals surface area contributed by atoms with Crippen molar-refractivity contribution < 1.29 is 17.4 Å².